The van der Waals surface area contributed by atoms with Crippen LogP contribution in [-0.2, 0) is 0 Å². The van der Waals surface area contributed by atoms with Crippen LogP contribution in [0.15, 0.2) is 118 Å². The summed E-state index contributed by atoms with van der Waals surface area (Å²) in [5.41, 5.74) is 7.86. The normalized spacial score (nSPS) is 11.5. The van der Waals surface area contributed by atoms with Crippen LogP contribution in [0.25, 0.3) is 33.7 Å². The monoisotopic (exact) mass is 568 g/mol. The van der Waals surface area contributed by atoms with E-state index in [0.717, 1.165) is 36.7 Å². The highest BCUT2D eigenvalue weighted by molar-refractivity contribution is 9.10. The van der Waals surface area contributed by atoms with Crippen molar-refractivity contribution in [1.82, 2.24) is 4.98 Å². The molecule has 0 radical (unpaired) electrons. The first-order valence-electron chi connectivity index (χ1n) is 11.1. The van der Waals surface area contributed by atoms with Crippen LogP contribution in [0.4, 0.5) is 5.69 Å². The lowest BCUT2D eigenvalue weighted by molar-refractivity contribution is 1.32. The number of para-hydroxylation sites is 2. The maximum Gasteiger partial charge on any atom is 0.0708 e. The van der Waals surface area contributed by atoms with Gasteiger partial charge in [-0.25, -0.2) is 0 Å². The predicted octanol–water partition coefficient (Wildman–Crippen LogP) is 9.08. The van der Waals surface area contributed by atoms with E-state index in [-0.39, 0.29) is 0 Å². The molecule has 0 bridgehead atoms. The average molecular weight is 570 g/mol. The standard InChI is InChI=1S/C30H22Br2N2/c31-24-14-10-21(11-15-24)18-23(19-33-26-6-2-1-3-7-26)28-20-34-29-9-5-4-8-27(29)30(28)22-12-16-25(32)17-13-22/h1-18,20,33H,19H2/b23-18+. The van der Waals surface area contributed by atoms with E-state index in [1.165, 1.54) is 16.7 Å². The van der Waals surface area contributed by atoms with Gasteiger partial charge in [-0.15, -0.1) is 0 Å². The molecule has 4 heteroatoms. The Bertz CT molecular complexity index is 1440. The van der Waals surface area contributed by atoms with Gasteiger partial charge in [-0.3, -0.25) is 4.98 Å². The molecule has 5 rings (SSSR count). The molecule has 5 aromatic rings. The number of hydrogen-bond donors (Lipinski definition) is 1. The lowest BCUT2D eigenvalue weighted by atomic mass is 9.91. The van der Waals surface area contributed by atoms with Gasteiger partial charge in [-0.2, -0.15) is 0 Å². The van der Waals surface area contributed by atoms with Gasteiger partial charge < -0.3 is 5.32 Å². The van der Waals surface area contributed by atoms with E-state index in [2.05, 4.69) is 122 Å². The van der Waals surface area contributed by atoms with Gasteiger partial charge in [-0.05, 0) is 65.2 Å². The minimum absolute atomic E-state index is 0.670. The van der Waals surface area contributed by atoms with Crippen molar-refractivity contribution in [3.63, 3.8) is 0 Å². The van der Waals surface area contributed by atoms with E-state index in [4.69, 9.17) is 4.98 Å². The Hall–Kier alpha value is -3.21. The zero-order chi connectivity index (χ0) is 23.3. The van der Waals surface area contributed by atoms with Crippen LogP contribution < -0.4 is 5.32 Å². The molecule has 0 aliphatic heterocycles. The molecule has 0 saturated carbocycles. The SMILES string of the molecule is Brc1ccc(/C=C(\CNc2ccccc2)c2cnc3ccccc3c2-c2ccc(Br)cc2)cc1. The number of aromatic nitrogens is 1. The zero-order valence-corrected chi connectivity index (χ0v) is 21.6. The van der Waals surface area contributed by atoms with Gasteiger partial charge in [0.05, 0.1) is 5.52 Å². The molecule has 0 aliphatic rings. The van der Waals surface area contributed by atoms with Crippen LogP contribution in [0.1, 0.15) is 11.1 Å². The summed E-state index contributed by atoms with van der Waals surface area (Å²) < 4.78 is 2.13. The summed E-state index contributed by atoms with van der Waals surface area (Å²) in [6.07, 6.45) is 4.26. The van der Waals surface area contributed by atoms with Crippen molar-refractivity contribution in [2.75, 3.05) is 11.9 Å². The van der Waals surface area contributed by atoms with Crippen molar-refractivity contribution in [2.45, 2.75) is 0 Å². The van der Waals surface area contributed by atoms with Crippen LogP contribution in [0.5, 0.6) is 0 Å². The second-order valence-corrected chi connectivity index (χ2v) is 9.84. The maximum absolute atomic E-state index is 4.83. The van der Waals surface area contributed by atoms with Crippen molar-refractivity contribution in [3.05, 3.63) is 129 Å². The Morgan fingerprint density at radius 3 is 2.12 bits per heavy atom. The number of hydrogen-bond acceptors (Lipinski definition) is 2. The first-order valence-corrected chi connectivity index (χ1v) is 12.6. The second-order valence-electron chi connectivity index (χ2n) is 8.01. The fourth-order valence-electron chi connectivity index (χ4n) is 4.05. The van der Waals surface area contributed by atoms with Crippen molar-refractivity contribution in [3.8, 4) is 11.1 Å². The molecule has 4 aromatic carbocycles. The van der Waals surface area contributed by atoms with Crippen LogP contribution in [0.2, 0.25) is 0 Å². The Kier molecular flexibility index (Phi) is 6.89. The van der Waals surface area contributed by atoms with Gasteiger partial charge in [0.25, 0.3) is 0 Å². The van der Waals surface area contributed by atoms with E-state index >= 15 is 0 Å². The van der Waals surface area contributed by atoms with Crippen molar-refractivity contribution in [2.24, 2.45) is 0 Å². The van der Waals surface area contributed by atoms with Gasteiger partial charge in [-0.1, -0.05) is 92.5 Å². The lowest BCUT2D eigenvalue weighted by Crippen LogP contribution is -2.06. The molecular formula is C30H22Br2N2. The zero-order valence-electron chi connectivity index (χ0n) is 18.4. The average Bonchev–Trinajstić information content (AvgIpc) is 2.88. The molecule has 1 heterocycles. The number of nitrogens with one attached hydrogen (secondary N) is 1. The quantitative estimate of drug-likeness (QED) is 0.220. The summed E-state index contributed by atoms with van der Waals surface area (Å²) in [6, 6.07) is 35.6. The number of fused-ring (bicyclic) bond motifs is 1. The molecule has 1 N–H and O–H groups in total. The van der Waals surface area contributed by atoms with Crippen molar-refractivity contribution in [1.29, 1.82) is 0 Å². The number of halogens is 2. The van der Waals surface area contributed by atoms with E-state index in [9.17, 15) is 0 Å². The molecule has 0 saturated heterocycles. The van der Waals surface area contributed by atoms with Gasteiger partial charge in [0.2, 0.25) is 0 Å². The van der Waals surface area contributed by atoms with Gasteiger partial charge in [0, 0.05) is 43.9 Å². The van der Waals surface area contributed by atoms with Crippen molar-refractivity contribution < 1.29 is 0 Å². The van der Waals surface area contributed by atoms with Gasteiger partial charge in [0.15, 0.2) is 0 Å². The summed E-state index contributed by atoms with van der Waals surface area (Å²) in [6.45, 7) is 0.670. The number of anilines is 1. The molecule has 166 valence electrons. The molecule has 0 atom stereocenters. The Balaban J connectivity index is 1.69. The smallest absolute Gasteiger partial charge is 0.0708 e. The summed E-state index contributed by atoms with van der Waals surface area (Å²) >= 11 is 7.12. The van der Waals surface area contributed by atoms with E-state index in [0.29, 0.717) is 6.54 Å². The van der Waals surface area contributed by atoms with Crippen LogP contribution >= 0.6 is 31.9 Å². The van der Waals surface area contributed by atoms with Crippen LogP contribution in [-0.4, -0.2) is 11.5 Å². The third-order valence-electron chi connectivity index (χ3n) is 5.72. The minimum atomic E-state index is 0.670. The first-order chi connectivity index (χ1) is 16.7. The molecule has 0 spiro atoms. The first kappa shape index (κ1) is 22.6. The lowest BCUT2D eigenvalue weighted by Gasteiger charge is -2.17. The molecule has 34 heavy (non-hydrogen) atoms. The summed E-state index contributed by atoms with van der Waals surface area (Å²) in [5.74, 6) is 0. The van der Waals surface area contributed by atoms with Crippen LogP contribution in [0.3, 0.4) is 0 Å². The maximum atomic E-state index is 4.83. The third-order valence-corrected chi connectivity index (χ3v) is 6.78. The van der Waals surface area contributed by atoms with Crippen LogP contribution in [0, 0.1) is 0 Å². The molecule has 0 amide bonds. The number of pyridine rings is 1. The minimum Gasteiger partial charge on any atom is -0.381 e. The second kappa shape index (κ2) is 10.4. The Morgan fingerprint density at radius 2 is 1.38 bits per heavy atom. The van der Waals surface area contributed by atoms with E-state index < -0.39 is 0 Å². The number of rotatable bonds is 6. The Morgan fingerprint density at radius 1 is 0.735 bits per heavy atom. The third kappa shape index (κ3) is 5.14. The molecule has 0 aliphatic carbocycles. The Labute approximate surface area is 216 Å². The fraction of sp³-hybridized carbons (Fsp3) is 0.0333. The molecule has 2 nitrogen and oxygen atoms in total. The number of benzene rings is 4. The molecular weight excluding hydrogens is 548 g/mol. The van der Waals surface area contributed by atoms with Crippen molar-refractivity contribution >= 4 is 60.1 Å². The summed E-state index contributed by atoms with van der Waals surface area (Å²) in [7, 11) is 0. The van der Waals surface area contributed by atoms with E-state index in [1.54, 1.807) is 0 Å². The summed E-state index contributed by atoms with van der Waals surface area (Å²) in [4.78, 5) is 4.83. The topological polar surface area (TPSA) is 24.9 Å². The predicted molar refractivity (Wildman–Crippen MR) is 152 cm³/mol. The van der Waals surface area contributed by atoms with E-state index in [1.807, 2.05) is 30.5 Å². The highest BCUT2D eigenvalue weighted by atomic mass is 79.9. The highest BCUT2D eigenvalue weighted by Crippen LogP contribution is 2.36. The summed E-state index contributed by atoms with van der Waals surface area (Å²) in [5, 5.41) is 4.74. The fourth-order valence-corrected chi connectivity index (χ4v) is 4.58. The van der Waals surface area contributed by atoms with Gasteiger partial charge in [0.1, 0.15) is 0 Å². The molecule has 1 aromatic heterocycles. The molecule has 0 fully saturated rings. The van der Waals surface area contributed by atoms with Gasteiger partial charge >= 0.3 is 0 Å². The molecule has 0 unspecified atom stereocenters. The number of nitrogens with zero attached hydrogens (tertiary/aromatic N) is 1. The highest BCUT2D eigenvalue weighted by Gasteiger charge is 2.15. The largest absolute Gasteiger partial charge is 0.381 e.